The average Bonchev–Trinajstić information content (AvgIpc) is 3.28. The van der Waals surface area contributed by atoms with Gasteiger partial charge in [0.1, 0.15) is 0 Å². The summed E-state index contributed by atoms with van der Waals surface area (Å²) in [6, 6.07) is 47.9. The zero-order valence-electron chi connectivity index (χ0n) is 50.4. The van der Waals surface area contributed by atoms with E-state index in [-0.39, 0.29) is 59.1 Å². The van der Waals surface area contributed by atoms with Gasteiger partial charge >= 0.3 is 546 Å². The summed E-state index contributed by atoms with van der Waals surface area (Å²) < 4.78 is 4.29. The third-order valence-electron chi connectivity index (χ3n) is 15.0. The predicted octanol–water partition coefficient (Wildman–Crippen LogP) is 11.0. The van der Waals surface area contributed by atoms with Gasteiger partial charge in [0.2, 0.25) is 0 Å². The average molecular weight is 1200 g/mol. The van der Waals surface area contributed by atoms with Crippen LogP contribution in [-0.2, 0) is 0 Å². The molecule has 0 saturated carbocycles. The first-order valence-electron chi connectivity index (χ1n) is 26.5. The van der Waals surface area contributed by atoms with E-state index >= 15 is 0 Å². The largest absolute Gasteiger partial charge is 1.00 e. The molecule has 0 heterocycles. The number of hydrogen-bond acceptors (Lipinski definition) is 0. The summed E-state index contributed by atoms with van der Waals surface area (Å²) in [5.41, 5.74) is 41.1. The summed E-state index contributed by atoms with van der Waals surface area (Å²) in [6.45, 7) is 39.9. The quantitative estimate of drug-likeness (QED) is 0.146. The van der Waals surface area contributed by atoms with Gasteiger partial charge in [-0.15, -0.1) is 0 Å². The van der Waals surface area contributed by atoms with E-state index < -0.39 is 0 Å². The molecule has 0 aliphatic heterocycles. The van der Waals surface area contributed by atoms with E-state index in [0.29, 0.717) is 0 Å². The number of rotatable bonds is 6. The van der Waals surface area contributed by atoms with Gasteiger partial charge < -0.3 is 0 Å². The molecule has 9 aromatic rings. The van der Waals surface area contributed by atoms with Gasteiger partial charge in [0, 0.05) is 0 Å². The van der Waals surface area contributed by atoms with Crippen molar-refractivity contribution in [2.24, 2.45) is 0 Å². The fourth-order valence-corrected chi connectivity index (χ4v) is 15.7. The van der Waals surface area contributed by atoms with Crippen molar-refractivity contribution < 1.29 is 59.1 Å². The van der Waals surface area contributed by atoms with Crippen LogP contribution in [0, 0.1) is 125 Å². The fourth-order valence-electron chi connectivity index (χ4n) is 12.6. The van der Waals surface area contributed by atoms with Crippen LogP contribution in [0.25, 0.3) is 66.8 Å². The van der Waals surface area contributed by atoms with Gasteiger partial charge in [0.25, 0.3) is 0 Å². The SMILES string of the molecule is Cc1cc(C)c(-c2cccc(-c3c(C)cc(C)cc3C)[c]2[Ga-])c(C)c1.Cc1cc(C)c(-c2cccc(-c3c(C)cc(C)cc3C)[c]2[Ga-])c(C)c1.Cc1cc(C)c(-c2cccc(-c3c(C)cc(C)cc3C)[c]2[Ga])c(C)c1.[Na+].[Na+]. The van der Waals surface area contributed by atoms with Crippen LogP contribution in [0.1, 0.15) is 100 Å². The molecule has 9 rings (SSSR count). The van der Waals surface area contributed by atoms with Crippen molar-refractivity contribution >= 4 is 68.2 Å². The van der Waals surface area contributed by atoms with Crippen LogP contribution in [0.4, 0.5) is 0 Å². The van der Waals surface area contributed by atoms with E-state index in [0.717, 1.165) is 0 Å². The molecule has 8 radical (unpaired) electrons. The van der Waals surface area contributed by atoms with Crippen molar-refractivity contribution in [2.75, 3.05) is 0 Å². The molecule has 0 saturated heterocycles. The Morgan fingerprint density at radius 3 is 0.519 bits per heavy atom. The molecule has 0 unspecified atom stereocenters. The molecule has 0 amide bonds. The summed E-state index contributed by atoms with van der Waals surface area (Å²) >= 11 is 5.14. The molecular weight excluding hydrogens is 1120 g/mol. The molecule has 0 aliphatic rings. The van der Waals surface area contributed by atoms with Gasteiger partial charge in [-0.25, -0.2) is 0 Å². The van der Waals surface area contributed by atoms with Gasteiger partial charge in [-0.05, 0) is 0 Å². The van der Waals surface area contributed by atoms with E-state index in [9.17, 15) is 0 Å². The zero-order chi connectivity index (χ0) is 54.9. The molecular formula is C72H75Ga3Na2. The molecule has 0 aromatic heterocycles. The van der Waals surface area contributed by atoms with Crippen molar-refractivity contribution in [3.05, 3.63) is 228 Å². The minimum atomic E-state index is 0. The first kappa shape index (κ1) is 64.7. The van der Waals surface area contributed by atoms with Crippen molar-refractivity contribution in [1.29, 1.82) is 0 Å². The predicted molar refractivity (Wildman–Crippen MR) is 333 cm³/mol. The van der Waals surface area contributed by atoms with Gasteiger partial charge in [-0.1, -0.05) is 0 Å². The molecule has 0 aliphatic carbocycles. The first-order chi connectivity index (χ1) is 35.4. The van der Waals surface area contributed by atoms with E-state index in [4.69, 9.17) is 0 Å². The van der Waals surface area contributed by atoms with Crippen LogP contribution in [0.5, 0.6) is 0 Å². The fraction of sp³-hybridized carbons (Fsp3) is 0.250. The molecule has 0 fully saturated rings. The van der Waals surface area contributed by atoms with Crippen molar-refractivity contribution in [3.8, 4) is 66.8 Å². The van der Waals surface area contributed by atoms with E-state index in [1.54, 1.807) is 55.8 Å². The van der Waals surface area contributed by atoms with Crippen LogP contribution in [0.2, 0.25) is 0 Å². The smallest absolute Gasteiger partial charge is 1.00 e. The van der Waals surface area contributed by atoms with Gasteiger partial charge in [-0.3, -0.25) is 0 Å². The Hall–Kier alpha value is -3.11. The third kappa shape index (κ3) is 14.5. The van der Waals surface area contributed by atoms with Crippen molar-refractivity contribution in [1.82, 2.24) is 0 Å². The second-order valence-corrected chi connectivity index (χ2v) is 25.6. The third-order valence-corrected chi connectivity index (χ3v) is 18.9. The van der Waals surface area contributed by atoms with Crippen molar-refractivity contribution in [2.45, 2.75) is 125 Å². The number of aryl methyl sites for hydroxylation is 18. The molecule has 0 bridgehead atoms. The standard InChI is InChI=1S/3C24H25.3Ga.2Na/c3*1-15-10-17(3)23(18(4)11-15)21-8-7-9-22(14-21)24-19(5)12-16(2)13-20(24)6;;;;;/h3*7-13H,1-6H3;;;;;/q;;;;2*-1;2*+1. The maximum atomic E-state index is 2.30. The normalized spacial score (nSPS) is 10.7. The van der Waals surface area contributed by atoms with Crippen LogP contribution in [-0.4, -0.2) is 55.8 Å². The molecule has 374 valence electrons. The Morgan fingerprint density at radius 1 is 0.234 bits per heavy atom. The Morgan fingerprint density at radius 2 is 0.364 bits per heavy atom. The topological polar surface area (TPSA) is 0 Å². The van der Waals surface area contributed by atoms with E-state index in [2.05, 4.69) is 252 Å². The first-order valence-corrected chi connectivity index (χ1v) is 30.2. The molecule has 5 heteroatoms. The maximum Gasteiger partial charge on any atom is 1.00 e. The molecule has 0 N–H and O–H groups in total. The molecule has 77 heavy (non-hydrogen) atoms. The van der Waals surface area contributed by atoms with Crippen LogP contribution in [0.15, 0.2) is 127 Å². The summed E-state index contributed by atoms with van der Waals surface area (Å²) in [5.74, 6) is 0. The summed E-state index contributed by atoms with van der Waals surface area (Å²) in [4.78, 5) is 0. The Kier molecular flexibility index (Phi) is 23.2. The number of hydrogen-bond donors (Lipinski definition) is 0. The molecule has 0 spiro atoms. The Bertz CT molecular complexity index is 2920. The maximum absolute atomic E-state index is 2.30. The minimum absolute atomic E-state index is 0. The van der Waals surface area contributed by atoms with Crippen LogP contribution < -0.4 is 71.5 Å². The van der Waals surface area contributed by atoms with E-state index in [1.165, 1.54) is 179 Å². The van der Waals surface area contributed by atoms with Gasteiger partial charge in [0.05, 0.1) is 0 Å². The minimum Gasteiger partial charge on any atom is 1.00 e. The second kappa shape index (κ2) is 27.6. The Labute approximate surface area is 539 Å². The van der Waals surface area contributed by atoms with Crippen LogP contribution in [0.3, 0.4) is 0 Å². The van der Waals surface area contributed by atoms with E-state index in [1.807, 2.05) is 0 Å². The Balaban J connectivity index is 0.000000210. The molecule has 0 nitrogen and oxygen atoms in total. The van der Waals surface area contributed by atoms with Gasteiger partial charge in [0.15, 0.2) is 0 Å². The van der Waals surface area contributed by atoms with Gasteiger partial charge in [-0.2, -0.15) is 0 Å². The molecule has 9 aromatic carbocycles. The summed E-state index contributed by atoms with van der Waals surface area (Å²) in [7, 11) is 0. The summed E-state index contributed by atoms with van der Waals surface area (Å²) in [6.07, 6.45) is 0. The second-order valence-electron chi connectivity index (χ2n) is 21.9. The van der Waals surface area contributed by atoms with Crippen LogP contribution >= 0.6 is 0 Å². The summed E-state index contributed by atoms with van der Waals surface area (Å²) in [5, 5.41) is 0. The monoisotopic (exact) mass is 1190 g/mol. The van der Waals surface area contributed by atoms with Crippen molar-refractivity contribution in [3.63, 3.8) is 0 Å². The number of benzene rings is 9. The molecule has 0 atom stereocenters. The zero-order valence-corrected chi connectivity index (χ0v) is 61.6.